The van der Waals surface area contributed by atoms with Crippen molar-refractivity contribution in [2.24, 2.45) is 40.9 Å². The van der Waals surface area contributed by atoms with E-state index in [0.717, 1.165) is 12.8 Å². The number of carbonyl (C=O) groups excluding carboxylic acids is 6. The second-order valence-corrected chi connectivity index (χ2v) is 15.2. The lowest BCUT2D eigenvalue weighted by molar-refractivity contribution is -0.146. The van der Waals surface area contributed by atoms with Crippen molar-refractivity contribution in [3.63, 3.8) is 0 Å². The highest BCUT2D eigenvalue weighted by Crippen LogP contribution is 2.44. The van der Waals surface area contributed by atoms with Crippen molar-refractivity contribution in [3.05, 3.63) is 24.3 Å². The highest BCUT2D eigenvalue weighted by molar-refractivity contribution is 6.38. The maximum atomic E-state index is 14.4. The molecule has 0 bridgehead atoms. The molecule has 1 N–H and O–H groups in total. The SMILES string of the molecule is CC[C@H](C)CC(=O)C(=O)C(CC(=O)C1[C@H]2CCC[C@H]2CN1C(=O)[C@@H](NC(=O)[C@H](CC(=O)c1cnccn1)C(C)C)C(C)(C)C)CC(F)F. The molecule has 0 aromatic carbocycles. The third-order valence-electron chi connectivity index (χ3n) is 10.1. The largest absolute Gasteiger partial charge is 0.344 e. The van der Waals surface area contributed by atoms with Gasteiger partial charge in [0.15, 0.2) is 17.3 Å². The van der Waals surface area contributed by atoms with E-state index in [1.54, 1.807) is 27.7 Å². The number of likely N-dealkylation sites (tertiary alicyclic amines) is 1. The Bertz CT molecular complexity index is 1330. The molecule has 1 aromatic heterocycles. The third-order valence-corrected chi connectivity index (χ3v) is 10.1. The van der Waals surface area contributed by atoms with Crippen molar-refractivity contribution >= 4 is 34.9 Å². The summed E-state index contributed by atoms with van der Waals surface area (Å²) in [4.78, 5) is 90.3. The summed E-state index contributed by atoms with van der Waals surface area (Å²) in [6, 6.07) is -2.02. The average Bonchev–Trinajstić information content (AvgIpc) is 3.62. The summed E-state index contributed by atoms with van der Waals surface area (Å²) in [6.45, 7) is 12.9. The van der Waals surface area contributed by atoms with E-state index in [2.05, 4.69) is 15.3 Å². The van der Waals surface area contributed by atoms with E-state index in [9.17, 15) is 37.5 Å². The van der Waals surface area contributed by atoms with Gasteiger partial charge in [-0.15, -0.1) is 0 Å². The number of aromatic nitrogens is 2. The van der Waals surface area contributed by atoms with Gasteiger partial charge in [0.1, 0.15) is 11.7 Å². The fraction of sp³-hybridized carbons (Fsp3) is 0.722. The molecule has 48 heavy (non-hydrogen) atoms. The van der Waals surface area contributed by atoms with Gasteiger partial charge < -0.3 is 10.2 Å². The quantitative estimate of drug-likeness (QED) is 0.174. The molecular formula is C36H52F2N4O6. The van der Waals surface area contributed by atoms with Crippen LogP contribution in [0.25, 0.3) is 0 Å². The summed E-state index contributed by atoms with van der Waals surface area (Å²) in [5.74, 6) is -6.34. The van der Waals surface area contributed by atoms with Gasteiger partial charge in [-0.2, -0.15) is 0 Å². The number of nitrogens with one attached hydrogen (secondary N) is 1. The number of Topliss-reactive ketones (excluding diaryl/α,β-unsaturated/α-hetero) is 4. The summed E-state index contributed by atoms with van der Waals surface area (Å²) in [6.07, 6.45) is 2.55. The van der Waals surface area contributed by atoms with E-state index in [1.807, 2.05) is 20.8 Å². The Kier molecular flexibility index (Phi) is 13.6. The zero-order valence-electron chi connectivity index (χ0n) is 29.3. The van der Waals surface area contributed by atoms with E-state index >= 15 is 0 Å². The number of nitrogens with zero attached hydrogens (tertiary/aromatic N) is 3. The molecule has 0 radical (unpaired) electrons. The van der Waals surface area contributed by atoms with Crippen molar-refractivity contribution < 1.29 is 37.5 Å². The Morgan fingerprint density at radius 2 is 1.69 bits per heavy atom. The topological polar surface area (TPSA) is 143 Å². The minimum atomic E-state index is -2.89. The van der Waals surface area contributed by atoms with E-state index in [0.29, 0.717) is 12.8 Å². The molecule has 2 aliphatic rings. The van der Waals surface area contributed by atoms with Gasteiger partial charge in [0.2, 0.25) is 24.0 Å². The van der Waals surface area contributed by atoms with E-state index < -0.39 is 77.8 Å². The standard InChI is InChI=1S/C36H52F2N4O6/c1-8-21(4)14-29(45)32(46)23(16-30(37)38)15-28(44)31-24-11-9-10-22(24)19-42(31)35(48)33(36(5,6)7)41-34(47)25(20(2)3)17-27(43)26-18-39-12-13-40-26/h12-13,18,20-25,30-31,33H,8-11,14-17,19H2,1-7H3,(H,41,47)/t21-,22-,23?,24-,25+,31?,33+/m0/s1. The molecule has 1 aromatic rings. The number of carbonyl (C=O) groups is 6. The summed E-state index contributed by atoms with van der Waals surface area (Å²) in [7, 11) is 0. The lowest BCUT2D eigenvalue weighted by atomic mass is 9.82. The number of alkyl halides is 2. The van der Waals surface area contributed by atoms with Crippen molar-refractivity contribution in [2.45, 2.75) is 118 Å². The van der Waals surface area contributed by atoms with Crippen LogP contribution in [0.15, 0.2) is 18.6 Å². The second-order valence-electron chi connectivity index (χ2n) is 15.2. The van der Waals surface area contributed by atoms with Crippen LogP contribution in [-0.4, -0.2) is 74.9 Å². The predicted octanol–water partition coefficient (Wildman–Crippen LogP) is 5.28. The zero-order chi connectivity index (χ0) is 35.9. The van der Waals surface area contributed by atoms with Crippen LogP contribution in [0.5, 0.6) is 0 Å². The van der Waals surface area contributed by atoms with E-state index in [1.165, 1.54) is 23.5 Å². The van der Waals surface area contributed by atoms with Crippen LogP contribution in [-0.2, 0) is 24.0 Å². The lowest BCUT2D eigenvalue weighted by Gasteiger charge is -2.37. The highest BCUT2D eigenvalue weighted by atomic mass is 19.3. The molecule has 266 valence electrons. The monoisotopic (exact) mass is 674 g/mol. The number of hydrogen-bond acceptors (Lipinski definition) is 8. The van der Waals surface area contributed by atoms with Gasteiger partial charge in [0.05, 0.1) is 12.2 Å². The van der Waals surface area contributed by atoms with Crippen LogP contribution in [0, 0.1) is 40.9 Å². The van der Waals surface area contributed by atoms with Crippen molar-refractivity contribution in [1.29, 1.82) is 0 Å². The van der Waals surface area contributed by atoms with Crippen LogP contribution in [0.2, 0.25) is 0 Å². The van der Waals surface area contributed by atoms with Gasteiger partial charge in [0.25, 0.3) is 0 Å². The number of ketones is 4. The Morgan fingerprint density at radius 1 is 1.00 bits per heavy atom. The van der Waals surface area contributed by atoms with Crippen LogP contribution in [0.4, 0.5) is 8.78 Å². The van der Waals surface area contributed by atoms with Crippen molar-refractivity contribution in [1.82, 2.24) is 20.2 Å². The number of rotatable bonds is 17. The molecule has 2 fully saturated rings. The number of amides is 2. The van der Waals surface area contributed by atoms with Crippen LogP contribution < -0.4 is 5.32 Å². The predicted molar refractivity (Wildman–Crippen MR) is 175 cm³/mol. The Balaban J connectivity index is 1.86. The molecule has 1 aliphatic carbocycles. The minimum Gasteiger partial charge on any atom is -0.344 e. The van der Waals surface area contributed by atoms with E-state index in [-0.39, 0.29) is 54.5 Å². The average molecular weight is 675 g/mol. The molecular weight excluding hydrogens is 622 g/mol. The van der Waals surface area contributed by atoms with Gasteiger partial charge in [-0.3, -0.25) is 33.8 Å². The molecule has 1 saturated carbocycles. The molecule has 2 amide bonds. The van der Waals surface area contributed by atoms with Crippen LogP contribution in [0.1, 0.15) is 110 Å². The fourth-order valence-corrected chi connectivity index (χ4v) is 7.04. The lowest BCUT2D eigenvalue weighted by Crippen LogP contribution is -2.58. The molecule has 7 atom stereocenters. The molecule has 3 rings (SSSR count). The molecule has 1 saturated heterocycles. The maximum absolute atomic E-state index is 14.4. The van der Waals surface area contributed by atoms with E-state index in [4.69, 9.17) is 0 Å². The van der Waals surface area contributed by atoms with Crippen molar-refractivity contribution in [2.75, 3.05) is 6.54 Å². The molecule has 2 unspecified atom stereocenters. The highest BCUT2D eigenvalue weighted by Gasteiger charge is 2.52. The maximum Gasteiger partial charge on any atom is 0.246 e. The Hall–Kier alpha value is -3.44. The fourth-order valence-electron chi connectivity index (χ4n) is 7.04. The van der Waals surface area contributed by atoms with Crippen LogP contribution in [0.3, 0.4) is 0 Å². The molecule has 12 heteroatoms. The number of halogens is 2. The molecule has 0 spiro atoms. The third kappa shape index (κ3) is 9.81. The molecule has 10 nitrogen and oxygen atoms in total. The first-order chi connectivity index (χ1) is 22.5. The first-order valence-electron chi connectivity index (χ1n) is 17.2. The number of hydrogen-bond donors (Lipinski definition) is 1. The normalized spacial score (nSPS) is 21.8. The minimum absolute atomic E-state index is 0.0171. The summed E-state index contributed by atoms with van der Waals surface area (Å²) in [5.41, 5.74) is -0.667. The van der Waals surface area contributed by atoms with Gasteiger partial charge in [-0.1, -0.05) is 61.3 Å². The Labute approximate surface area is 282 Å². The smallest absolute Gasteiger partial charge is 0.246 e. The first-order valence-corrected chi connectivity index (χ1v) is 17.2. The summed E-state index contributed by atoms with van der Waals surface area (Å²) < 4.78 is 27.3. The summed E-state index contributed by atoms with van der Waals surface area (Å²) in [5, 5.41) is 2.89. The van der Waals surface area contributed by atoms with Gasteiger partial charge in [-0.25, -0.2) is 13.8 Å². The molecule has 2 heterocycles. The van der Waals surface area contributed by atoms with Crippen molar-refractivity contribution in [3.8, 4) is 0 Å². The summed E-state index contributed by atoms with van der Waals surface area (Å²) >= 11 is 0. The number of fused-ring (bicyclic) bond motifs is 1. The van der Waals surface area contributed by atoms with Gasteiger partial charge >= 0.3 is 0 Å². The first kappa shape index (κ1) is 39.0. The Morgan fingerprint density at radius 3 is 2.25 bits per heavy atom. The second kappa shape index (κ2) is 16.8. The van der Waals surface area contributed by atoms with Gasteiger partial charge in [-0.05, 0) is 41.9 Å². The van der Waals surface area contributed by atoms with Gasteiger partial charge in [0, 0.05) is 56.5 Å². The van der Waals surface area contributed by atoms with Crippen LogP contribution >= 0.6 is 0 Å². The zero-order valence-corrected chi connectivity index (χ0v) is 29.3. The molecule has 1 aliphatic heterocycles.